The summed E-state index contributed by atoms with van der Waals surface area (Å²) in [5.41, 5.74) is -0.373. The van der Waals surface area contributed by atoms with Gasteiger partial charge < -0.3 is 4.55 Å². The van der Waals surface area contributed by atoms with Crippen molar-refractivity contribution in [2.75, 3.05) is 10.4 Å². The first-order valence-corrected chi connectivity index (χ1v) is 10.2. The second kappa shape index (κ2) is 10.5. The molecule has 0 unspecified atom stereocenters. The smallest absolute Gasteiger partial charge is 0.744 e. The third-order valence-electron chi connectivity index (χ3n) is 4.31. The molecule has 0 aromatic heterocycles. The average molecular weight is 497 g/mol. The van der Waals surface area contributed by atoms with Gasteiger partial charge in [0.1, 0.15) is 10.1 Å². The Kier molecular flexibility index (Phi) is 8.25. The van der Waals surface area contributed by atoms with Crippen LogP contribution in [0.2, 0.25) is 0 Å². The van der Waals surface area contributed by atoms with Gasteiger partial charge in [0.25, 0.3) is 5.69 Å². The Morgan fingerprint density at radius 2 is 1.21 bits per heavy atom. The molecule has 0 fully saturated rings. The zero-order chi connectivity index (χ0) is 24.3. The van der Waals surface area contributed by atoms with Crippen molar-refractivity contribution in [3.05, 3.63) is 97.1 Å². The summed E-state index contributed by atoms with van der Waals surface area (Å²) >= 11 is 0. The molecule has 3 aromatic rings. The fourth-order valence-electron chi connectivity index (χ4n) is 2.83. The van der Waals surface area contributed by atoms with Crippen LogP contribution in [-0.4, -0.2) is 27.7 Å². The summed E-state index contributed by atoms with van der Waals surface area (Å²) in [6.45, 7) is 0. The first-order valence-electron chi connectivity index (χ1n) is 8.78. The van der Waals surface area contributed by atoms with E-state index in [1.165, 1.54) is 24.3 Å². The van der Waals surface area contributed by atoms with Gasteiger partial charge in [-0.05, 0) is 36.4 Å². The van der Waals surface area contributed by atoms with Crippen molar-refractivity contribution in [2.45, 2.75) is 4.90 Å². The first-order chi connectivity index (χ1) is 15.5. The molecule has 34 heavy (non-hydrogen) atoms. The summed E-state index contributed by atoms with van der Waals surface area (Å²) in [4.78, 5) is 30.7. The number of nitrogens with zero attached hydrogens (tertiary/aromatic N) is 4. The number of hydrogen-bond donors (Lipinski definition) is 1. The largest absolute Gasteiger partial charge is 1.00 e. The molecule has 0 radical (unpaired) electrons. The van der Waals surface area contributed by atoms with Gasteiger partial charge in [0.15, 0.2) is 0 Å². The Morgan fingerprint density at radius 1 is 0.735 bits per heavy atom. The van der Waals surface area contributed by atoms with E-state index in [1.807, 2.05) is 0 Å². The van der Waals surface area contributed by atoms with Gasteiger partial charge >= 0.3 is 40.9 Å². The molecule has 0 saturated heterocycles. The van der Waals surface area contributed by atoms with Crippen molar-refractivity contribution in [3.8, 4) is 0 Å². The van der Waals surface area contributed by atoms with E-state index in [4.69, 9.17) is 0 Å². The summed E-state index contributed by atoms with van der Waals surface area (Å²) in [5.74, 6) is 0. The van der Waals surface area contributed by atoms with Crippen molar-refractivity contribution in [3.63, 3.8) is 0 Å². The van der Waals surface area contributed by atoms with E-state index in [-0.39, 0.29) is 35.2 Å². The third-order valence-corrected chi connectivity index (χ3v) is 5.16. The molecular formula is C18H12N5NaO9S. The number of para-hydroxylation sites is 1. The van der Waals surface area contributed by atoms with Gasteiger partial charge in [-0.25, -0.2) is 8.42 Å². The Labute approximate surface area is 213 Å². The van der Waals surface area contributed by atoms with Crippen molar-refractivity contribution in [1.29, 1.82) is 0 Å². The maximum atomic E-state index is 11.6. The van der Waals surface area contributed by atoms with Gasteiger partial charge in [-0.2, -0.15) is 0 Å². The fraction of sp³-hybridized carbons (Fsp3) is 0. The Balaban J connectivity index is 0.00000408. The topological polar surface area (TPSA) is 202 Å². The first kappa shape index (κ1) is 26.6. The molecule has 0 saturated carbocycles. The van der Waals surface area contributed by atoms with Crippen LogP contribution in [-0.2, 0) is 10.1 Å². The van der Waals surface area contributed by atoms with E-state index in [9.17, 15) is 43.3 Å². The standard InChI is InChI=1S/C18H13N5O9S.Na/c24-21(25)14-10-16(22(26)27)18(17(11-14)23(28)29)19-20(12-4-2-1-3-5-12)13-6-8-15(9-7-13)33(30,31)32;/h1-11,19H,(H,30,31,32);/q;+1/p-1. The second-order valence-corrected chi connectivity index (χ2v) is 7.74. The van der Waals surface area contributed by atoms with Crippen molar-refractivity contribution >= 4 is 44.2 Å². The van der Waals surface area contributed by atoms with Crippen LogP contribution in [0.1, 0.15) is 0 Å². The summed E-state index contributed by atoms with van der Waals surface area (Å²) in [5, 5.41) is 35.4. The minimum atomic E-state index is -4.75. The number of non-ortho nitro benzene ring substituents is 1. The van der Waals surface area contributed by atoms with Gasteiger partial charge in [0.05, 0.1) is 43.2 Å². The van der Waals surface area contributed by atoms with Gasteiger partial charge in [-0.3, -0.25) is 40.8 Å². The predicted octanol–water partition coefficient (Wildman–Crippen LogP) is 0.484. The summed E-state index contributed by atoms with van der Waals surface area (Å²) in [6.07, 6.45) is 0. The number of anilines is 3. The molecule has 16 heteroatoms. The Hall–Kier alpha value is -3.63. The van der Waals surface area contributed by atoms with Crippen molar-refractivity contribution in [1.82, 2.24) is 0 Å². The molecule has 14 nitrogen and oxygen atoms in total. The molecule has 0 spiro atoms. The number of hydrogen-bond acceptors (Lipinski definition) is 11. The second-order valence-electron chi connectivity index (χ2n) is 6.36. The summed E-state index contributed by atoms with van der Waals surface area (Å²) in [7, 11) is -4.75. The molecular weight excluding hydrogens is 485 g/mol. The van der Waals surface area contributed by atoms with Crippen molar-refractivity contribution < 1.29 is 57.3 Å². The Bertz CT molecular complexity index is 1320. The molecule has 0 heterocycles. The quantitative estimate of drug-likeness (QED) is 0.196. The third kappa shape index (κ3) is 5.83. The van der Waals surface area contributed by atoms with Crippen LogP contribution >= 0.6 is 0 Å². The number of nitro groups is 3. The molecule has 0 amide bonds. The maximum Gasteiger partial charge on any atom is 1.00 e. The molecule has 170 valence electrons. The molecule has 0 bridgehead atoms. The van der Waals surface area contributed by atoms with E-state index in [0.29, 0.717) is 17.8 Å². The Morgan fingerprint density at radius 3 is 1.62 bits per heavy atom. The van der Waals surface area contributed by atoms with Gasteiger partial charge in [-0.15, -0.1) is 0 Å². The van der Waals surface area contributed by atoms with E-state index >= 15 is 0 Å². The number of hydrazine groups is 1. The van der Waals surface area contributed by atoms with E-state index < -0.39 is 52.5 Å². The fourth-order valence-corrected chi connectivity index (χ4v) is 3.30. The van der Waals surface area contributed by atoms with Gasteiger partial charge in [-0.1, -0.05) is 18.2 Å². The predicted molar refractivity (Wildman–Crippen MR) is 113 cm³/mol. The van der Waals surface area contributed by atoms with Crippen LogP contribution in [0.3, 0.4) is 0 Å². The van der Waals surface area contributed by atoms with Gasteiger partial charge in [0, 0.05) is 0 Å². The van der Waals surface area contributed by atoms with Crippen LogP contribution < -0.4 is 40.0 Å². The molecule has 0 aliphatic rings. The SMILES string of the molecule is O=[N+]([O-])c1cc([N+](=O)[O-])c(NN(c2ccccc2)c2ccc(S(=O)(=O)[O-])cc2)c([N+](=O)[O-])c1.[Na+]. The minimum absolute atomic E-state index is 0. The summed E-state index contributed by atoms with van der Waals surface area (Å²) in [6, 6.07) is 13.5. The van der Waals surface area contributed by atoms with E-state index in [0.717, 1.165) is 17.1 Å². The molecule has 1 N–H and O–H groups in total. The zero-order valence-electron chi connectivity index (χ0n) is 17.2. The maximum absolute atomic E-state index is 11.6. The molecule has 3 rings (SSSR count). The number of benzene rings is 3. The summed E-state index contributed by atoms with van der Waals surface area (Å²) < 4.78 is 33.6. The van der Waals surface area contributed by atoms with E-state index in [2.05, 4.69) is 5.43 Å². The van der Waals surface area contributed by atoms with Crippen LogP contribution in [0.5, 0.6) is 0 Å². The van der Waals surface area contributed by atoms with Crippen LogP contribution in [0.4, 0.5) is 34.1 Å². The monoisotopic (exact) mass is 497 g/mol. The zero-order valence-corrected chi connectivity index (χ0v) is 20.0. The molecule has 0 aliphatic heterocycles. The van der Waals surface area contributed by atoms with Crippen molar-refractivity contribution in [2.24, 2.45) is 0 Å². The number of rotatable bonds is 8. The van der Waals surface area contributed by atoms with Gasteiger partial charge in [0.2, 0.25) is 5.69 Å². The molecule has 3 aromatic carbocycles. The van der Waals surface area contributed by atoms with Crippen LogP contribution in [0.15, 0.2) is 71.6 Å². The number of nitrogens with one attached hydrogen (secondary N) is 1. The normalized spacial score (nSPS) is 10.6. The molecule has 0 atom stereocenters. The van der Waals surface area contributed by atoms with E-state index in [1.54, 1.807) is 18.2 Å². The average Bonchev–Trinajstić information content (AvgIpc) is 2.76. The van der Waals surface area contributed by atoms with Crippen LogP contribution in [0, 0.1) is 30.3 Å². The minimum Gasteiger partial charge on any atom is -0.744 e. The van der Waals surface area contributed by atoms with Crippen LogP contribution in [0.25, 0.3) is 0 Å². The molecule has 0 aliphatic carbocycles. The number of nitro benzene ring substituents is 3.